The summed E-state index contributed by atoms with van der Waals surface area (Å²) in [5, 5.41) is 10.8. The predicted molar refractivity (Wildman–Crippen MR) is 67.0 cm³/mol. The number of benzene rings is 1. The highest BCUT2D eigenvalue weighted by atomic mass is 35.5. The van der Waals surface area contributed by atoms with Crippen molar-refractivity contribution in [2.45, 2.75) is 25.4 Å². The quantitative estimate of drug-likeness (QED) is 0.798. The van der Waals surface area contributed by atoms with E-state index < -0.39 is 5.60 Å². The zero-order chi connectivity index (χ0) is 12.2. The molecular formula is C13H17ClO2. The van der Waals surface area contributed by atoms with E-state index in [1.807, 2.05) is 6.07 Å². The van der Waals surface area contributed by atoms with Gasteiger partial charge in [-0.3, -0.25) is 0 Å². The van der Waals surface area contributed by atoms with Gasteiger partial charge >= 0.3 is 0 Å². The van der Waals surface area contributed by atoms with Crippen molar-refractivity contribution in [3.05, 3.63) is 41.4 Å². The molecule has 3 heteroatoms. The third kappa shape index (κ3) is 3.00. The van der Waals surface area contributed by atoms with Crippen LogP contribution in [0.1, 0.15) is 25.3 Å². The lowest BCUT2D eigenvalue weighted by molar-refractivity contribution is 0.0486. The van der Waals surface area contributed by atoms with Crippen molar-refractivity contribution in [3.8, 4) is 5.75 Å². The largest absolute Gasteiger partial charge is 0.495 e. The van der Waals surface area contributed by atoms with Gasteiger partial charge in [0, 0.05) is 0 Å². The molecule has 0 amide bonds. The molecule has 0 saturated carbocycles. The average molecular weight is 241 g/mol. The fraction of sp³-hybridized carbons (Fsp3) is 0.385. The molecule has 0 aliphatic heterocycles. The summed E-state index contributed by atoms with van der Waals surface area (Å²) in [7, 11) is 1.56. The van der Waals surface area contributed by atoms with Gasteiger partial charge in [0.15, 0.2) is 0 Å². The van der Waals surface area contributed by atoms with Gasteiger partial charge in [-0.25, -0.2) is 0 Å². The SMILES string of the molecule is C=CCCC(C)(O)c1ccc(Cl)c(OC)c1. The van der Waals surface area contributed by atoms with E-state index in [0.717, 1.165) is 12.0 Å². The summed E-state index contributed by atoms with van der Waals surface area (Å²) in [5.74, 6) is 0.582. The van der Waals surface area contributed by atoms with E-state index in [4.69, 9.17) is 16.3 Å². The van der Waals surface area contributed by atoms with Gasteiger partial charge < -0.3 is 9.84 Å². The van der Waals surface area contributed by atoms with Crippen LogP contribution in [0.5, 0.6) is 5.75 Å². The molecule has 1 unspecified atom stereocenters. The van der Waals surface area contributed by atoms with E-state index in [1.54, 1.807) is 32.2 Å². The molecule has 1 rings (SSSR count). The molecule has 88 valence electrons. The fourth-order valence-corrected chi connectivity index (χ4v) is 1.72. The summed E-state index contributed by atoms with van der Waals surface area (Å²) < 4.78 is 5.12. The minimum atomic E-state index is -0.883. The maximum absolute atomic E-state index is 10.3. The highest BCUT2D eigenvalue weighted by molar-refractivity contribution is 6.32. The Kier molecular flexibility index (Phi) is 4.39. The minimum Gasteiger partial charge on any atom is -0.495 e. The molecule has 1 atom stereocenters. The highest BCUT2D eigenvalue weighted by Gasteiger charge is 2.23. The topological polar surface area (TPSA) is 29.5 Å². The van der Waals surface area contributed by atoms with Crippen molar-refractivity contribution in [1.29, 1.82) is 0 Å². The fourth-order valence-electron chi connectivity index (χ4n) is 1.52. The van der Waals surface area contributed by atoms with E-state index in [1.165, 1.54) is 0 Å². The molecular weight excluding hydrogens is 224 g/mol. The normalized spacial score (nSPS) is 14.2. The first-order valence-corrected chi connectivity index (χ1v) is 5.56. The molecule has 1 aromatic rings. The van der Waals surface area contributed by atoms with Crippen LogP contribution in [0.15, 0.2) is 30.9 Å². The molecule has 0 aromatic heterocycles. The van der Waals surface area contributed by atoms with Crippen LogP contribution in [0.3, 0.4) is 0 Å². The molecule has 0 radical (unpaired) electrons. The Labute approximate surface area is 102 Å². The third-order valence-corrected chi connectivity index (χ3v) is 2.92. The van der Waals surface area contributed by atoms with Crippen molar-refractivity contribution in [2.75, 3.05) is 7.11 Å². The van der Waals surface area contributed by atoms with Crippen molar-refractivity contribution in [1.82, 2.24) is 0 Å². The molecule has 0 bridgehead atoms. The van der Waals surface area contributed by atoms with Crippen LogP contribution in [0, 0.1) is 0 Å². The Morgan fingerprint density at radius 3 is 2.81 bits per heavy atom. The molecule has 2 nitrogen and oxygen atoms in total. The van der Waals surface area contributed by atoms with Crippen LogP contribution in [0.4, 0.5) is 0 Å². The second-order valence-corrected chi connectivity index (χ2v) is 4.36. The van der Waals surface area contributed by atoms with Gasteiger partial charge in [-0.2, -0.15) is 0 Å². The zero-order valence-electron chi connectivity index (χ0n) is 9.66. The number of rotatable bonds is 5. The first kappa shape index (κ1) is 13.1. The number of aliphatic hydroxyl groups is 1. The Balaban J connectivity index is 2.98. The lowest BCUT2D eigenvalue weighted by atomic mass is 9.91. The van der Waals surface area contributed by atoms with Gasteiger partial charge in [0.2, 0.25) is 0 Å². The van der Waals surface area contributed by atoms with Crippen molar-refractivity contribution in [2.24, 2.45) is 0 Å². The Bertz CT molecular complexity index is 372. The smallest absolute Gasteiger partial charge is 0.137 e. The van der Waals surface area contributed by atoms with E-state index in [9.17, 15) is 5.11 Å². The zero-order valence-corrected chi connectivity index (χ0v) is 10.4. The standard InChI is InChI=1S/C13H17ClO2/c1-4-5-8-13(2,15)10-6-7-11(14)12(9-10)16-3/h4,6-7,9,15H,1,5,8H2,2-3H3. The second-order valence-electron chi connectivity index (χ2n) is 3.95. The van der Waals surface area contributed by atoms with Crippen LogP contribution in [0.25, 0.3) is 0 Å². The highest BCUT2D eigenvalue weighted by Crippen LogP contribution is 2.32. The molecule has 0 fully saturated rings. The predicted octanol–water partition coefficient (Wildman–Crippen LogP) is 3.52. The van der Waals surface area contributed by atoms with Crippen molar-refractivity contribution < 1.29 is 9.84 Å². The molecule has 0 heterocycles. The maximum Gasteiger partial charge on any atom is 0.137 e. The van der Waals surface area contributed by atoms with Gasteiger partial charge in [0.05, 0.1) is 17.7 Å². The van der Waals surface area contributed by atoms with Gasteiger partial charge in [-0.15, -0.1) is 6.58 Å². The Hall–Kier alpha value is -0.990. The first-order chi connectivity index (χ1) is 7.51. The molecule has 0 spiro atoms. The average Bonchev–Trinajstić information content (AvgIpc) is 2.27. The Morgan fingerprint density at radius 2 is 2.25 bits per heavy atom. The molecule has 1 N–H and O–H groups in total. The van der Waals surface area contributed by atoms with Crippen molar-refractivity contribution >= 4 is 11.6 Å². The van der Waals surface area contributed by atoms with Crippen LogP contribution < -0.4 is 4.74 Å². The summed E-state index contributed by atoms with van der Waals surface area (Å²) >= 11 is 5.93. The lowest BCUT2D eigenvalue weighted by Crippen LogP contribution is -2.20. The van der Waals surface area contributed by atoms with E-state index in [0.29, 0.717) is 17.2 Å². The lowest BCUT2D eigenvalue weighted by Gasteiger charge is -2.24. The molecule has 0 aliphatic carbocycles. The second kappa shape index (κ2) is 5.37. The number of halogens is 1. The maximum atomic E-state index is 10.3. The third-order valence-electron chi connectivity index (χ3n) is 2.61. The number of ether oxygens (including phenoxy) is 1. The summed E-state index contributed by atoms with van der Waals surface area (Å²) in [6, 6.07) is 5.32. The summed E-state index contributed by atoms with van der Waals surface area (Å²) in [4.78, 5) is 0. The molecule has 16 heavy (non-hydrogen) atoms. The Morgan fingerprint density at radius 1 is 1.56 bits per heavy atom. The monoisotopic (exact) mass is 240 g/mol. The van der Waals surface area contributed by atoms with Gasteiger partial charge in [0.25, 0.3) is 0 Å². The molecule has 0 saturated heterocycles. The minimum absolute atomic E-state index is 0.547. The summed E-state index contributed by atoms with van der Waals surface area (Å²) in [5.41, 5.74) is -0.0814. The van der Waals surface area contributed by atoms with E-state index in [2.05, 4.69) is 6.58 Å². The number of hydrogen-bond acceptors (Lipinski definition) is 2. The van der Waals surface area contributed by atoms with Gasteiger partial charge in [-0.05, 0) is 37.5 Å². The van der Waals surface area contributed by atoms with E-state index in [-0.39, 0.29) is 0 Å². The molecule has 0 aliphatic rings. The van der Waals surface area contributed by atoms with Crippen LogP contribution >= 0.6 is 11.6 Å². The molecule has 1 aromatic carbocycles. The van der Waals surface area contributed by atoms with Gasteiger partial charge in [0.1, 0.15) is 5.75 Å². The summed E-state index contributed by atoms with van der Waals surface area (Å²) in [6.07, 6.45) is 3.18. The van der Waals surface area contributed by atoms with Crippen LogP contribution in [-0.2, 0) is 5.60 Å². The van der Waals surface area contributed by atoms with E-state index >= 15 is 0 Å². The van der Waals surface area contributed by atoms with Crippen molar-refractivity contribution in [3.63, 3.8) is 0 Å². The van der Waals surface area contributed by atoms with Gasteiger partial charge in [-0.1, -0.05) is 23.7 Å². The first-order valence-electron chi connectivity index (χ1n) is 5.18. The summed E-state index contributed by atoms with van der Waals surface area (Å²) in [6.45, 7) is 5.43. The van der Waals surface area contributed by atoms with Crippen LogP contribution in [-0.4, -0.2) is 12.2 Å². The number of allylic oxidation sites excluding steroid dienone is 1. The van der Waals surface area contributed by atoms with Crippen LogP contribution in [0.2, 0.25) is 5.02 Å². The number of hydrogen-bond donors (Lipinski definition) is 1. The number of methoxy groups -OCH3 is 1.